The molecule has 0 atom stereocenters. The highest BCUT2D eigenvalue weighted by molar-refractivity contribution is 5.57. The third kappa shape index (κ3) is 3.74. The first-order valence-electron chi connectivity index (χ1n) is 5.87. The number of hydrogen-bond acceptors (Lipinski definition) is 3. The van der Waals surface area contributed by atoms with Crippen molar-refractivity contribution in [1.82, 2.24) is 5.32 Å². The van der Waals surface area contributed by atoms with Gasteiger partial charge in [-0.15, -0.1) is 0 Å². The molecule has 0 spiro atoms. The van der Waals surface area contributed by atoms with Crippen molar-refractivity contribution in [2.75, 3.05) is 38.7 Å². The summed E-state index contributed by atoms with van der Waals surface area (Å²) in [6, 6.07) is 8.18. The van der Waals surface area contributed by atoms with Crippen molar-refractivity contribution in [2.45, 2.75) is 13.3 Å². The molecule has 0 aliphatic rings. The van der Waals surface area contributed by atoms with Crippen molar-refractivity contribution < 1.29 is 4.74 Å². The molecule has 0 amide bonds. The van der Waals surface area contributed by atoms with Gasteiger partial charge in [-0.25, -0.2) is 0 Å². The van der Waals surface area contributed by atoms with Gasteiger partial charge in [0, 0.05) is 13.6 Å². The largest absolute Gasteiger partial charge is 0.492 e. The van der Waals surface area contributed by atoms with Crippen LogP contribution in [0.25, 0.3) is 0 Å². The summed E-state index contributed by atoms with van der Waals surface area (Å²) in [5.74, 6) is 0.969. The molecule has 0 unspecified atom stereocenters. The highest BCUT2D eigenvalue weighted by atomic mass is 16.5. The van der Waals surface area contributed by atoms with E-state index in [0.717, 1.165) is 25.3 Å². The molecule has 3 heteroatoms. The van der Waals surface area contributed by atoms with Gasteiger partial charge in [0.05, 0.1) is 12.3 Å². The molecule has 1 aromatic carbocycles. The monoisotopic (exact) mass is 222 g/mol. The van der Waals surface area contributed by atoms with Crippen LogP contribution in [0, 0.1) is 0 Å². The van der Waals surface area contributed by atoms with E-state index >= 15 is 0 Å². The molecule has 0 aliphatic heterocycles. The predicted octanol–water partition coefficient (Wildman–Crippen LogP) is 2.13. The molecular formula is C13H22N2O. The van der Waals surface area contributed by atoms with E-state index in [2.05, 4.69) is 23.3 Å². The van der Waals surface area contributed by atoms with Crippen LogP contribution in [0.15, 0.2) is 24.3 Å². The Kier molecular flexibility index (Phi) is 5.72. The molecule has 0 heterocycles. The van der Waals surface area contributed by atoms with Crippen molar-refractivity contribution in [1.29, 1.82) is 0 Å². The van der Waals surface area contributed by atoms with E-state index in [0.29, 0.717) is 6.61 Å². The van der Waals surface area contributed by atoms with Crippen LogP contribution in [0.4, 0.5) is 5.69 Å². The molecular weight excluding hydrogens is 200 g/mol. The minimum atomic E-state index is 0.710. The normalized spacial score (nSPS) is 10.2. The second-order valence-corrected chi connectivity index (χ2v) is 3.78. The summed E-state index contributed by atoms with van der Waals surface area (Å²) in [7, 11) is 4.08. The lowest BCUT2D eigenvalue weighted by molar-refractivity contribution is 0.340. The van der Waals surface area contributed by atoms with Gasteiger partial charge < -0.3 is 15.0 Å². The van der Waals surface area contributed by atoms with Crippen molar-refractivity contribution in [3.8, 4) is 5.75 Å². The van der Waals surface area contributed by atoms with E-state index in [4.69, 9.17) is 4.74 Å². The highest BCUT2D eigenvalue weighted by Crippen LogP contribution is 2.26. The van der Waals surface area contributed by atoms with Crippen molar-refractivity contribution in [3.63, 3.8) is 0 Å². The molecule has 0 fully saturated rings. The number of rotatable bonds is 7. The Morgan fingerprint density at radius 1 is 1.31 bits per heavy atom. The number of benzene rings is 1. The summed E-state index contributed by atoms with van der Waals surface area (Å²) in [4.78, 5) is 2.24. The van der Waals surface area contributed by atoms with Crippen molar-refractivity contribution in [2.24, 2.45) is 0 Å². The number of hydrogen-bond donors (Lipinski definition) is 1. The topological polar surface area (TPSA) is 24.5 Å². The van der Waals surface area contributed by atoms with Gasteiger partial charge in [-0.1, -0.05) is 12.1 Å². The molecule has 1 N–H and O–H groups in total. The first kappa shape index (κ1) is 12.8. The third-order valence-electron chi connectivity index (χ3n) is 2.50. The molecule has 0 radical (unpaired) electrons. The van der Waals surface area contributed by atoms with Crippen LogP contribution in [0.5, 0.6) is 5.75 Å². The maximum absolute atomic E-state index is 5.61. The minimum absolute atomic E-state index is 0.710. The Morgan fingerprint density at radius 2 is 2.06 bits per heavy atom. The first-order chi connectivity index (χ1) is 7.79. The van der Waals surface area contributed by atoms with Crippen molar-refractivity contribution >= 4 is 5.69 Å². The van der Waals surface area contributed by atoms with Gasteiger partial charge in [0.25, 0.3) is 0 Å². The predicted molar refractivity (Wildman–Crippen MR) is 69.4 cm³/mol. The Morgan fingerprint density at radius 3 is 2.75 bits per heavy atom. The van der Waals surface area contributed by atoms with E-state index < -0.39 is 0 Å². The third-order valence-corrected chi connectivity index (χ3v) is 2.50. The zero-order chi connectivity index (χ0) is 11.8. The molecule has 0 aromatic heterocycles. The smallest absolute Gasteiger partial charge is 0.142 e. The number of para-hydroxylation sites is 2. The maximum atomic E-state index is 5.61. The van der Waals surface area contributed by atoms with Gasteiger partial charge in [-0.3, -0.25) is 0 Å². The molecule has 0 saturated heterocycles. The lowest BCUT2D eigenvalue weighted by Crippen LogP contribution is -2.22. The summed E-state index contributed by atoms with van der Waals surface area (Å²) in [5.41, 5.74) is 1.17. The van der Waals surface area contributed by atoms with Crippen LogP contribution in [0.1, 0.15) is 13.3 Å². The van der Waals surface area contributed by atoms with Crippen LogP contribution in [0.2, 0.25) is 0 Å². The van der Waals surface area contributed by atoms with E-state index in [1.54, 1.807) is 0 Å². The molecule has 0 aliphatic carbocycles. The van der Waals surface area contributed by atoms with Crippen LogP contribution >= 0.6 is 0 Å². The van der Waals surface area contributed by atoms with Gasteiger partial charge in [0.1, 0.15) is 5.75 Å². The van der Waals surface area contributed by atoms with E-state index in [1.807, 2.05) is 32.2 Å². The molecule has 1 aromatic rings. The second-order valence-electron chi connectivity index (χ2n) is 3.78. The summed E-state index contributed by atoms with van der Waals surface area (Å²) >= 11 is 0. The van der Waals surface area contributed by atoms with Gasteiger partial charge in [0.2, 0.25) is 0 Å². The number of ether oxygens (including phenoxy) is 1. The summed E-state index contributed by atoms with van der Waals surface area (Å²) in [6.07, 6.45) is 1.13. The van der Waals surface area contributed by atoms with Gasteiger partial charge >= 0.3 is 0 Å². The number of nitrogens with zero attached hydrogens (tertiary/aromatic N) is 1. The summed E-state index contributed by atoms with van der Waals surface area (Å²) < 4.78 is 5.61. The van der Waals surface area contributed by atoms with Gasteiger partial charge in [-0.05, 0) is 39.1 Å². The maximum Gasteiger partial charge on any atom is 0.142 e. The molecule has 16 heavy (non-hydrogen) atoms. The fourth-order valence-electron chi connectivity index (χ4n) is 1.66. The zero-order valence-corrected chi connectivity index (χ0v) is 10.5. The second kappa shape index (κ2) is 7.12. The minimum Gasteiger partial charge on any atom is -0.492 e. The fraction of sp³-hybridized carbons (Fsp3) is 0.538. The van der Waals surface area contributed by atoms with Crippen molar-refractivity contribution in [3.05, 3.63) is 24.3 Å². The Labute approximate surface area is 98.4 Å². The average Bonchev–Trinajstić information content (AvgIpc) is 2.30. The standard InChI is InChI=1S/C13H22N2O/c1-4-16-13-9-6-5-8-12(13)15(3)11-7-10-14-2/h5-6,8-9,14H,4,7,10-11H2,1-3H3. The summed E-state index contributed by atoms with van der Waals surface area (Å²) in [5, 5.41) is 3.16. The van der Waals surface area contributed by atoms with E-state index in [1.165, 1.54) is 5.69 Å². The number of nitrogens with one attached hydrogen (secondary N) is 1. The molecule has 90 valence electrons. The molecule has 1 rings (SSSR count). The Bertz CT molecular complexity index is 302. The Balaban J connectivity index is 2.62. The fourth-order valence-corrected chi connectivity index (χ4v) is 1.66. The number of anilines is 1. The quantitative estimate of drug-likeness (QED) is 0.715. The van der Waals surface area contributed by atoms with Crippen LogP contribution < -0.4 is 15.0 Å². The highest BCUT2D eigenvalue weighted by Gasteiger charge is 2.06. The van der Waals surface area contributed by atoms with Crippen LogP contribution in [-0.4, -0.2) is 33.8 Å². The first-order valence-corrected chi connectivity index (χ1v) is 5.87. The molecule has 0 bridgehead atoms. The lowest BCUT2D eigenvalue weighted by Gasteiger charge is -2.22. The SMILES string of the molecule is CCOc1ccccc1N(C)CCCNC. The van der Waals surface area contributed by atoms with Gasteiger partial charge in [-0.2, -0.15) is 0 Å². The average molecular weight is 222 g/mol. The summed E-state index contributed by atoms with van der Waals surface area (Å²) in [6.45, 7) is 4.80. The van der Waals surface area contributed by atoms with E-state index in [9.17, 15) is 0 Å². The molecule has 0 saturated carbocycles. The van der Waals surface area contributed by atoms with E-state index in [-0.39, 0.29) is 0 Å². The van der Waals surface area contributed by atoms with Crippen LogP contribution in [-0.2, 0) is 0 Å². The Hall–Kier alpha value is -1.22. The molecule has 3 nitrogen and oxygen atoms in total. The van der Waals surface area contributed by atoms with Gasteiger partial charge in [0.15, 0.2) is 0 Å². The zero-order valence-electron chi connectivity index (χ0n) is 10.5. The lowest BCUT2D eigenvalue weighted by atomic mass is 10.2. The van der Waals surface area contributed by atoms with Crippen LogP contribution in [0.3, 0.4) is 0 Å².